The molecule has 4 heteroatoms. The van der Waals surface area contributed by atoms with Gasteiger partial charge in [-0.2, -0.15) is 0 Å². The first kappa shape index (κ1) is 42.4. The van der Waals surface area contributed by atoms with Gasteiger partial charge in [0.05, 0.1) is 0 Å². The molecule has 0 saturated heterocycles. The van der Waals surface area contributed by atoms with Crippen molar-refractivity contribution in [3.63, 3.8) is 0 Å². The molecule has 0 rings (SSSR count). The van der Waals surface area contributed by atoms with Gasteiger partial charge in [0, 0.05) is 61.6 Å². The molecule has 29 valence electrons. The molecule has 0 N–H and O–H groups in total. The van der Waals surface area contributed by atoms with Crippen molar-refractivity contribution in [2.45, 2.75) is 0 Å². The summed E-state index contributed by atoms with van der Waals surface area (Å²) in [5.41, 5.74) is 0. The second-order valence-corrected chi connectivity index (χ2v) is 0. The van der Waals surface area contributed by atoms with Gasteiger partial charge in [0.2, 0.25) is 0 Å². The van der Waals surface area contributed by atoms with Crippen molar-refractivity contribution >= 4 is 11.0 Å². The van der Waals surface area contributed by atoms with Crippen LogP contribution in [0.1, 0.15) is 0 Å². The van der Waals surface area contributed by atoms with Gasteiger partial charge >= 0.3 is 0 Å². The third kappa shape index (κ3) is 9.26. The quantitative estimate of drug-likeness (QED) is 0.465. The van der Waals surface area contributed by atoms with E-state index in [1.165, 1.54) is 0 Å². The van der Waals surface area contributed by atoms with E-state index in [1.807, 2.05) is 0 Å². The summed E-state index contributed by atoms with van der Waals surface area (Å²) in [5.74, 6) is 0. The van der Waals surface area contributed by atoms with Crippen molar-refractivity contribution in [3.05, 3.63) is 0 Å². The SMILES string of the molecule is [Co].[Cr].[Ni].[Si]. The summed E-state index contributed by atoms with van der Waals surface area (Å²) in [6.07, 6.45) is 0. The van der Waals surface area contributed by atoms with E-state index in [9.17, 15) is 0 Å². The first-order chi connectivity index (χ1) is 0. The van der Waals surface area contributed by atoms with Crippen LogP contribution in [0.25, 0.3) is 0 Å². The molecule has 4 heavy (non-hydrogen) atoms. The van der Waals surface area contributed by atoms with Gasteiger partial charge < -0.3 is 0 Å². The van der Waals surface area contributed by atoms with E-state index in [1.54, 1.807) is 0 Å². The largest absolute Gasteiger partial charge is 0 e. The zero-order chi connectivity index (χ0) is 0. The van der Waals surface area contributed by atoms with Gasteiger partial charge in [0.25, 0.3) is 0 Å². The third-order valence-corrected chi connectivity index (χ3v) is 0. The third-order valence-electron chi connectivity index (χ3n) is 0. The molecule has 0 aliphatic heterocycles. The summed E-state index contributed by atoms with van der Waals surface area (Å²) >= 11 is 0. The molecule has 0 aromatic rings. The minimum Gasteiger partial charge on any atom is 0 e. The Kier molecular flexibility index (Phi) is 231. The molecule has 0 atom stereocenters. The van der Waals surface area contributed by atoms with E-state index in [2.05, 4.69) is 0 Å². The molecule has 0 spiro atoms. The average molecular weight is 198 g/mol. The van der Waals surface area contributed by atoms with Crippen LogP contribution in [0.5, 0.6) is 0 Å². The second kappa shape index (κ2) is 21.8. The van der Waals surface area contributed by atoms with Crippen LogP contribution in [0.3, 0.4) is 0 Å². The molecule has 0 saturated carbocycles. The molecule has 0 nitrogen and oxygen atoms in total. The van der Waals surface area contributed by atoms with E-state index < -0.39 is 0 Å². The average Bonchev–Trinajstić information content (AvgIpc) is 0. The Balaban J connectivity index is 0. The van der Waals surface area contributed by atoms with Gasteiger partial charge in [-0.25, -0.2) is 0 Å². The van der Waals surface area contributed by atoms with Gasteiger partial charge in [0.15, 0.2) is 0 Å². The Morgan fingerprint density at radius 3 is 1.00 bits per heavy atom. The molecule has 0 bridgehead atoms. The van der Waals surface area contributed by atoms with Gasteiger partial charge in [0.1, 0.15) is 0 Å². The predicted molar refractivity (Wildman–Crippen MR) is 5.75 cm³/mol. The Morgan fingerprint density at radius 2 is 1.00 bits per heavy atom. The van der Waals surface area contributed by atoms with Gasteiger partial charge in [-0.05, 0) is 0 Å². The van der Waals surface area contributed by atoms with E-state index in [4.69, 9.17) is 0 Å². The summed E-state index contributed by atoms with van der Waals surface area (Å²) in [6, 6.07) is 0. The monoisotopic (exact) mass is 197 g/mol. The molecule has 0 unspecified atom stereocenters. The van der Waals surface area contributed by atoms with Crippen molar-refractivity contribution in [2.24, 2.45) is 0 Å². The first-order valence-corrected chi connectivity index (χ1v) is 0. The van der Waals surface area contributed by atoms with Gasteiger partial charge in [-0.15, -0.1) is 0 Å². The zero-order valence-corrected chi connectivity index (χ0v) is 5.86. The Bertz CT molecular complexity index is 8.00. The van der Waals surface area contributed by atoms with Crippen molar-refractivity contribution in [1.29, 1.82) is 0 Å². The van der Waals surface area contributed by atoms with E-state index in [0.29, 0.717) is 0 Å². The number of hydrogen-bond acceptors (Lipinski definition) is 0. The summed E-state index contributed by atoms with van der Waals surface area (Å²) in [6.45, 7) is 0. The van der Waals surface area contributed by atoms with E-state index in [-0.39, 0.29) is 61.6 Å². The molecule has 0 aliphatic carbocycles. The minimum atomic E-state index is 0. The van der Waals surface area contributed by atoms with Crippen LogP contribution in [0.15, 0.2) is 0 Å². The van der Waals surface area contributed by atoms with Gasteiger partial charge in [-0.3, -0.25) is 0 Å². The maximum absolute atomic E-state index is 0. The van der Waals surface area contributed by atoms with Crippen LogP contribution >= 0.6 is 0 Å². The first-order valence-electron chi connectivity index (χ1n) is 0. The van der Waals surface area contributed by atoms with Crippen LogP contribution in [-0.2, 0) is 50.6 Å². The fraction of sp³-hybridized carbons (Fsp3) is 0. The summed E-state index contributed by atoms with van der Waals surface area (Å²) in [5, 5.41) is 0. The van der Waals surface area contributed by atoms with E-state index in [0.717, 1.165) is 0 Å². The smallest absolute Gasteiger partial charge is 0 e. The molecule has 0 aromatic heterocycles. The molecule has 0 aromatic carbocycles. The van der Waals surface area contributed by atoms with Crippen molar-refractivity contribution in [2.75, 3.05) is 0 Å². The summed E-state index contributed by atoms with van der Waals surface area (Å²) in [7, 11) is 0. The van der Waals surface area contributed by atoms with Crippen LogP contribution < -0.4 is 0 Å². The van der Waals surface area contributed by atoms with Crippen molar-refractivity contribution < 1.29 is 50.6 Å². The molecule has 0 aliphatic rings. The molecular formula is CoCrNiSi. The van der Waals surface area contributed by atoms with Crippen molar-refractivity contribution in [1.82, 2.24) is 0 Å². The zero-order valence-electron chi connectivity index (χ0n) is 1.56. The summed E-state index contributed by atoms with van der Waals surface area (Å²) < 4.78 is 0. The Hall–Kier alpha value is 1.75. The van der Waals surface area contributed by atoms with Crippen LogP contribution in [-0.4, -0.2) is 11.0 Å². The Morgan fingerprint density at radius 1 is 1.00 bits per heavy atom. The topological polar surface area (TPSA) is 0 Å². The summed E-state index contributed by atoms with van der Waals surface area (Å²) in [4.78, 5) is 0. The number of rotatable bonds is 0. The predicted octanol–water partition coefficient (Wildman–Crippen LogP) is -0.388. The van der Waals surface area contributed by atoms with Crippen molar-refractivity contribution in [3.8, 4) is 0 Å². The Labute approximate surface area is 61.4 Å². The van der Waals surface area contributed by atoms with Gasteiger partial charge in [-0.1, -0.05) is 0 Å². The molecule has 0 amide bonds. The van der Waals surface area contributed by atoms with Crippen LogP contribution in [0, 0.1) is 0 Å². The second-order valence-electron chi connectivity index (χ2n) is 0. The normalized spacial score (nSPS) is 0. The molecule has 0 fully saturated rings. The fourth-order valence-electron chi connectivity index (χ4n) is 0. The fourth-order valence-corrected chi connectivity index (χ4v) is 0. The number of hydrogen-bond donors (Lipinski definition) is 0. The maximum atomic E-state index is 0. The van der Waals surface area contributed by atoms with Crippen LogP contribution in [0.4, 0.5) is 0 Å². The molecule has 5 radical (unpaired) electrons. The maximum Gasteiger partial charge on any atom is 0 e. The standard InChI is InChI=1S/Co.Cr.Ni.Si. The van der Waals surface area contributed by atoms with Crippen LogP contribution in [0.2, 0.25) is 0 Å². The minimum absolute atomic E-state index is 0. The molecule has 0 heterocycles. The van der Waals surface area contributed by atoms with E-state index >= 15 is 0 Å². The molecular weight excluding hydrogens is 198 g/mol.